The van der Waals surface area contributed by atoms with Gasteiger partial charge in [0.1, 0.15) is 11.0 Å². The molecule has 0 N–H and O–H groups in total. The average molecular weight is 432 g/mol. The normalized spacial score (nSPS) is 11.5. The van der Waals surface area contributed by atoms with Gasteiger partial charge in [0.05, 0.1) is 0 Å². The zero-order valence-electron chi connectivity index (χ0n) is 18.6. The van der Waals surface area contributed by atoms with Crippen molar-refractivity contribution in [2.24, 2.45) is 13.0 Å². The van der Waals surface area contributed by atoms with Crippen molar-refractivity contribution in [3.8, 4) is 11.1 Å². The molecule has 160 valence electrons. The molecule has 0 spiro atoms. The molecule has 0 aliphatic rings. The Hall–Kier alpha value is -2.79. The molecule has 4 rings (SSSR count). The summed E-state index contributed by atoms with van der Waals surface area (Å²) in [6, 6.07) is 18.6. The molecule has 0 unspecified atom stereocenters. The average Bonchev–Trinajstić information content (AvgIpc) is 3.09. The van der Waals surface area contributed by atoms with Gasteiger partial charge < -0.3 is 4.57 Å². The molecule has 0 saturated carbocycles. The molecule has 0 amide bonds. The lowest BCUT2D eigenvalue weighted by Gasteiger charge is -2.14. The summed E-state index contributed by atoms with van der Waals surface area (Å²) in [6.45, 7) is 7.19. The molecule has 2 aromatic heterocycles. The number of hydrogen-bond donors (Lipinski definition) is 0. The van der Waals surface area contributed by atoms with Crippen LogP contribution in [0.4, 0.5) is 0 Å². The zero-order valence-corrected chi connectivity index (χ0v) is 19.4. The molecule has 31 heavy (non-hydrogen) atoms. The smallest absolute Gasteiger partial charge is 0.278 e. The standard InChI is InChI=1S/C26H29N3OS/c1-18(2)14-15-29-25(30)24-23(22(16-28(24)4)20-11-6-5-7-12-20)27-26(29)31-17-21-13-9-8-10-19(21)3/h5-13,16,18H,14-15,17H2,1-4H3. The highest BCUT2D eigenvalue weighted by molar-refractivity contribution is 7.98. The van der Waals surface area contributed by atoms with E-state index in [4.69, 9.17) is 4.98 Å². The highest BCUT2D eigenvalue weighted by Gasteiger charge is 2.19. The minimum Gasteiger partial charge on any atom is -0.344 e. The van der Waals surface area contributed by atoms with Gasteiger partial charge in [0.15, 0.2) is 5.16 Å². The van der Waals surface area contributed by atoms with Crippen LogP contribution in [0.5, 0.6) is 0 Å². The molecule has 4 aromatic rings. The summed E-state index contributed by atoms with van der Waals surface area (Å²) in [5, 5.41) is 0.796. The van der Waals surface area contributed by atoms with Crippen molar-refractivity contribution >= 4 is 22.8 Å². The van der Waals surface area contributed by atoms with Crippen molar-refractivity contribution in [2.45, 2.75) is 44.6 Å². The quantitative estimate of drug-likeness (QED) is 0.264. The first-order chi connectivity index (χ1) is 15.0. The maximum absolute atomic E-state index is 13.6. The Morgan fingerprint density at radius 1 is 1.03 bits per heavy atom. The summed E-state index contributed by atoms with van der Waals surface area (Å²) >= 11 is 1.65. The van der Waals surface area contributed by atoms with Gasteiger partial charge in [-0.3, -0.25) is 9.36 Å². The lowest BCUT2D eigenvalue weighted by Crippen LogP contribution is -2.25. The highest BCUT2D eigenvalue weighted by Crippen LogP contribution is 2.30. The Bertz CT molecular complexity index is 1260. The number of fused-ring (bicyclic) bond motifs is 1. The predicted octanol–water partition coefficient (Wildman–Crippen LogP) is 6.05. The maximum atomic E-state index is 13.6. The Morgan fingerprint density at radius 2 is 1.74 bits per heavy atom. The van der Waals surface area contributed by atoms with Crippen LogP contribution in [0.3, 0.4) is 0 Å². The third-order valence-electron chi connectivity index (χ3n) is 5.67. The molecule has 2 aromatic carbocycles. The number of hydrogen-bond acceptors (Lipinski definition) is 3. The SMILES string of the molecule is Cc1ccccc1CSc1nc2c(-c3ccccc3)cn(C)c2c(=O)n1CCC(C)C. The van der Waals surface area contributed by atoms with Crippen molar-refractivity contribution in [1.29, 1.82) is 0 Å². The van der Waals surface area contributed by atoms with Crippen LogP contribution in [-0.4, -0.2) is 14.1 Å². The van der Waals surface area contributed by atoms with E-state index >= 15 is 0 Å². The molecule has 0 radical (unpaired) electrons. The Balaban J connectivity index is 1.84. The fourth-order valence-corrected chi connectivity index (χ4v) is 4.88. The second-order valence-corrected chi connectivity index (χ2v) is 9.41. The van der Waals surface area contributed by atoms with Crippen molar-refractivity contribution in [3.05, 3.63) is 82.3 Å². The summed E-state index contributed by atoms with van der Waals surface area (Å²) in [5.41, 5.74) is 6.11. The van der Waals surface area contributed by atoms with Gasteiger partial charge in [-0.05, 0) is 36.0 Å². The number of nitrogens with zero attached hydrogens (tertiary/aromatic N) is 3. The van der Waals surface area contributed by atoms with E-state index in [1.807, 2.05) is 40.6 Å². The molecule has 2 heterocycles. The van der Waals surface area contributed by atoms with Gasteiger partial charge >= 0.3 is 0 Å². The summed E-state index contributed by atoms with van der Waals surface area (Å²) in [5.74, 6) is 1.31. The van der Waals surface area contributed by atoms with Gasteiger partial charge in [0.2, 0.25) is 0 Å². The van der Waals surface area contributed by atoms with Gasteiger partial charge in [-0.1, -0.05) is 80.2 Å². The van der Waals surface area contributed by atoms with Crippen molar-refractivity contribution in [2.75, 3.05) is 0 Å². The third kappa shape index (κ3) is 4.47. The zero-order chi connectivity index (χ0) is 22.0. The monoisotopic (exact) mass is 431 g/mol. The number of aryl methyl sites for hydroxylation is 2. The molecule has 4 nitrogen and oxygen atoms in total. The molecule has 0 bridgehead atoms. The minimum atomic E-state index is 0.0441. The first-order valence-corrected chi connectivity index (χ1v) is 11.8. The first-order valence-electron chi connectivity index (χ1n) is 10.8. The molecule has 0 aliphatic heterocycles. The lowest BCUT2D eigenvalue weighted by atomic mass is 10.1. The van der Waals surface area contributed by atoms with E-state index in [2.05, 4.69) is 57.2 Å². The summed E-state index contributed by atoms with van der Waals surface area (Å²) in [4.78, 5) is 18.7. The van der Waals surface area contributed by atoms with Crippen LogP contribution >= 0.6 is 11.8 Å². The van der Waals surface area contributed by atoms with E-state index in [1.54, 1.807) is 11.8 Å². The van der Waals surface area contributed by atoms with E-state index < -0.39 is 0 Å². The van der Waals surface area contributed by atoms with Crippen LogP contribution in [0, 0.1) is 12.8 Å². The second kappa shape index (κ2) is 9.15. The molecule has 0 aliphatic carbocycles. The van der Waals surface area contributed by atoms with Crippen molar-refractivity contribution in [3.63, 3.8) is 0 Å². The van der Waals surface area contributed by atoms with Gasteiger partial charge in [-0.25, -0.2) is 4.98 Å². The van der Waals surface area contributed by atoms with Gasteiger partial charge in [0, 0.05) is 31.1 Å². The summed E-state index contributed by atoms with van der Waals surface area (Å²) < 4.78 is 3.80. The van der Waals surface area contributed by atoms with Crippen molar-refractivity contribution in [1.82, 2.24) is 14.1 Å². The summed E-state index contributed by atoms with van der Waals surface area (Å²) in [7, 11) is 1.94. The van der Waals surface area contributed by atoms with Crippen LogP contribution in [0.1, 0.15) is 31.4 Å². The van der Waals surface area contributed by atoms with Crippen LogP contribution < -0.4 is 5.56 Å². The number of thioether (sulfide) groups is 1. The van der Waals surface area contributed by atoms with Crippen molar-refractivity contribution < 1.29 is 0 Å². The first kappa shape index (κ1) is 21.4. The van der Waals surface area contributed by atoms with Gasteiger partial charge in [-0.15, -0.1) is 0 Å². The largest absolute Gasteiger partial charge is 0.344 e. The predicted molar refractivity (Wildman–Crippen MR) is 131 cm³/mol. The fourth-order valence-electron chi connectivity index (χ4n) is 3.79. The number of aromatic nitrogens is 3. The molecular weight excluding hydrogens is 402 g/mol. The Morgan fingerprint density at radius 3 is 2.45 bits per heavy atom. The van der Waals surface area contributed by atoms with Gasteiger partial charge in [-0.2, -0.15) is 0 Å². The van der Waals surface area contributed by atoms with E-state index in [-0.39, 0.29) is 5.56 Å². The molecular formula is C26H29N3OS. The van der Waals surface area contributed by atoms with E-state index in [0.29, 0.717) is 18.0 Å². The van der Waals surface area contributed by atoms with Crippen LogP contribution in [-0.2, 0) is 19.3 Å². The maximum Gasteiger partial charge on any atom is 0.278 e. The fraction of sp³-hybridized carbons (Fsp3) is 0.308. The van der Waals surface area contributed by atoms with E-state index in [9.17, 15) is 4.79 Å². The lowest BCUT2D eigenvalue weighted by molar-refractivity contribution is 0.480. The Kier molecular flexibility index (Phi) is 6.33. The number of benzene rings is 2. The topological polar surface area (TPSA) is 39.8 Å². The number of rotatable bonds is 7. The van der Waals surface area contributed by atoms with E-state index in [0.717, 1.165) is 34.0 Å². The van der Waals surface area contributed by atoms with Crippen LogP contribution in [0.15, 0.2) is 70.7 Å². The highest BCUT2D eigenvalue weighted by atomic mass is 32.2. The molecule has 0 fully saturated rings. The summed E-state index contributed by atoms with van der Waals surface area (Å²) in [6.07, 6.45) is 2.97. The molecule has 5 heteroatoms. The minimum absolute atomic E-state index is 0.0441. The molecule has 0 saturated heterocycles. The molecule has 0 atom stereocenters. The van der Waals surface area contributed by atoms with Gasteiger partial charge in [0.25, 0.3) is 5.56 Å². The van der Waals surface area contributed by atoms with Crippen LogP contribution in [0.25, 0.3) is 22.2 Å². The Labute approximate surface area is 187 Å². The van der Waals surface area contributed by atoms with Crippen LogP contribution in [0.2, 0.25) is 0 Å². The third-order valence-corrected chi connectivity index (χ3v) is 6.70. The van der Waals surface area contributed by atoms with E-state index in [1.165, 1.54) is 11.1 Å². The second-order valence-electron chi connectivity index (χ2n) is 8.47.